The maximum Gasteiger partial charge on any atom is 0.267 e. The van der Waals surface area contributed by atoms with Crippen molar-refractivity contribution >= 4 is 6.08 Å². The van der Waals surface area contributed by atoms with Crippen LogP contribution in [0.5, 0.6) is 11.5 Å². The Kier molecular flexibility index (Phi) is 6.46. The molecule has 0 amide bonds. The van der Waals surface area contributed by atoms with Crippen LogP contribution in [0.1, 0.15) is 5.56 Å². The smallest absolute Gasteiger partial charge is 0.267 e. The van der Waals surface area contributed by atoms with Crippen LogP contribution in [-0.4, -0.2) is 24.0 Å². The van der Waals surface area contributed by atoms with Crippen LogP contribution in [0.4, 0.5) is 0 Å². The zero-order valence-electron chi connectivity index (χ0n) is 18.1. The second kappa shape index (κ2) is 9.79. The van der Waals surface area contributed by atoms with Crippen LogP contribution in [-0.2, 0) is 6.54 Å². The lowest BCUT2D eigenvalue weighted by Crippen LogP contribution is -2.22. The summed E-state index contributed by atoms with van der Waals surface area (Å²) in [6.45, 7) is 0.375. The van der Waals surface area contributed by atoms with E-state index >= 15 is 0 Å². The minimum atomic E-state index is -0.161. The summed E-state index contributed by atoms with van der Waals surface area (Å²) in [5, 5.41) is 4.73. The summed E-state index contributed by atoms with van der Waals surface area (Å²) >= 11 is 0. The van der Waals surface area contributed by atoms with Crippen molar-refractivity contribution in [2.45, 2.75) is 6.54 Å². The Balaban J connectivity index is 1.75. The molecule has 0 fully saturated rings. The van der Waals surface area contributed by atoms with E-state index < -0.39 is 0 Å². The summed E-state index contributed by atoms with van der Waals surface area (Å²) in [6.07, 6.45) is 3.92. The van der Waals surface area contributed by atoms with Crippen molar-refractivity contribution < 1.29 is 9.47 Å². The molecule has 0 saturated heterocycles. The van der Waals surface area contributed by atoms with Crippen LogP contribution in [0.2, 0.25) is 0 Å². The quantitative estimate of drug-likeness (QED) is 0.404. The summed E-state index contributed by atoms with van der Waals surface area (Å²) in [5.74, 6) is 1.52. The Morgan fingerprint density at radius 3 is 2.00 bits per heavy atom. The molecular weight excluding hydrogens is 400 g/mol. The first-order valence-corrected chi connectivity index (χ1v) is 10.3. The van der Waals surface area contributed by atoms with E-state index in [0.717, 1.165) is 39.4 Å². The van der Waals surface area contributed by atoms with Gasteiger partial charge in [0.1, 0.15) is 11.5 Å². The molecule has 4 aromatic rings. The van der Waals surface area contributed by atoms with E-state index in [4.69, 9.17) is 14.6 Å². The maximum atomic E-state index is 12.9. The lowest BCUT2D eigenvalue weighted by atomic mass is 10.00. The van der Waals surface area contributed by atoms with Crippen LogP contribution < -0.4 is 15.0 Å². The van der Waals surface area contributed by atoms with E-state index in [2.05, 4.69) is 0 Å². The molecule has 0 spiro atoms. The number of methoxy groups -OCH3 is 2. The highest BCUT2D eigenvalue weighted by Gasteiger charge is 2.13. The Bertz CT molecular complexity index is 1260. The van der Waals surface area contributed by atoms with Crippen LogP contribution in [0.25, 0.3) is 28.5 Å². The van der Waals surface area contributed by atoms with Gasteiger partial charge in [-0.05, 0) is 47.5 Å². The first kappa shape index (κ1) is 21.1. The number of benzene rings is 3. The van der Waals surface area contributed by atoms with Crippen LogP contribution in [0.3, 0.4) is 0 Å². The second-order valence-corrected chi connectivity index (χ2v) is 7.20. The van der Waals surface area contributed by atoms with Gasteiger partial charge in [-0.2, -0.15) is 5.10 Å². The first-order chi connectivity index (χ1) is 15.7. The molecule has 1 aromatic heterocycles. The van der Waals surface area contributed by atoms with E-state index in [9.17, 15) is 4.79 Å². The standard InChI is InChI=1S/C27H24N2O3/c1-31-23-14-10-21(11-15-23)25-19-26(30)29(18-6-9-20-7-4-3-5-8-20)28-27(25)22-12-16-24(32-2)17-13-22/h3-17,19H,18H2,1-2H3/b9-6+. The summed E-state index contributed by atoms with van der Waals surface area (Å²) in [7, 11) is 3.26. The van der Waals surface area contributed by atoms with Crippen molar-refractivity contribution in [1.29, 1.82) is 0 Å². The van der Waals surface area contributed by atoms with Gasteiger partial charge in [0.25, 0.3) is 5.56 Å². The number of ether oxygens (including phenoxy) is 2. The number of hydrogen-bond acceptors (Lipinski definition) is 4. The average molecular weight is 425 g/mol. The summed E-state index contributed by atoms with van der Waals surface area (Å²) < 4.78 is 12.0. The molecule has 0 saturated carbocycles. The lowest BCUT2D eigenvalue weighted by molar-refractivity contribution is 0.414. The summed E-state index contributed by atoms with van der Waals surface area (Å²) in [4.78, 5) is 12.9. The van der Waals surface area contributed by atoms with Crippen molar-refractivity contribution in [3.05, 3.63) is 107 Å². The molecule has 0 radical (unpaired) electrons. The molecule has 0 aliphatic heterocycles. The molecule has 32 heavy (non-hydrogen) atoms. The van der Waals surface area contributed by atoms with Crippen molar-refractivity contribution in [2.75, 3.05) is 14.2 Å². The Labute approximate surface area is 187 Å². The van der Waals surface area contributed by atoms with Gasteiger partial charge in [-0.3, -0.25) is 4.79 Å². The van der Waals surface area contributed by atoms with Gasteiger partial charge in [0, 0.05) is 17.2 Å². The molecule has 5 heteroatoms. The highest BCUT2D eigenvalue weighted by atomic mass is 16.5. The third-order valence-electron chi connectivity index (χ3n) is 5.15. The number of nitrogens with zero attached hydrogens (tertiary/aromatic N) is 2. The molecule has 5 nitrogen and oxygen atoms in total. The predicted octanol–water partition coefficient (Wildman–Crippen LogP) is 5.31. The molecule has 0 aliphatic rings. The van der Waals surface area contributed by atoms with Crippen molar-refractivity contribution in [3.8, 4) is 33.9 Å². The molecule has 0 atom stereocenters. The van der Waals surface area contributed by atoms with Crippen LogP contribution in [0.15, 0.2) is 95.8 Å². The number of aromatic nitrogens is 2. The molecule has 4 rings (SSSR count). The fourth-order valence-electron chi connectivity index (χ4n) is 3.43. The third-order valence-corrected chi connectivity index (χ3v) is 5.15. The Morgan fingerprint density at radius 2 is 1.41 bits per heavy atom. The largest absolute Gasteiger partial charge is 0.497 e. The molecule has 0 N–H and O–H groups in total. The zero-order chi connectivity index (χ0) is 22.3. The number of rotatable bonds is 7. The highest BCUT2D eigenvalue weighted by Crippen LogP contribution is 2.31. The maximum absolute atomic E-state index is 12.9. The average Bonchev–Trinajstić information content (AvgIpc) is 2.85. The van der Waals surface area contributed by atoms with E-state index in [-0.39, 0.29) is 5.56 Å². The molecule has 160 valence electrons. The fraction of sp³-hybridized carbons (Fsp3) is 0.111. The summed E-state index contributed by atoms with van der Waals surface area (Å²) in [6, 6.07) is 26.9. The number of hydrogen-bond donors (Lipinski definition) is 0. The summed E-state index contributed by atoms with van der Waals surface area (Å²) in [5.41, 5.74) is 4.21. The van der Waals surface area contributed by atoms with Gasteiger partial charge in [-0.15, -0.1) is 0 Å². The zero-order valence-corrected chi connectivity index (χ0v) is 18.1. The number of allylic oxidation sites excluding steroid dienone is 1. The van der Waals surface area contributed by atoms with Crippen molar-refractivity contribution in [2.24, 2.45) is 0 Å². The SMILES string of the molecule is COc1ccc(-c2cc(=O)n(C/C=C/c3ccccc3)nc2-c2ccc(OC)cc2)cc1. The van der Waals surface area contributed by atoms with E-state index in [1.54, 1.807) is 20.3 Å². The Morgan fingerprint density at radius 1 is 0.812 bits per heavy atom. The molecular formula is C27H24N2O3. The van der Waals surface area contributed by atoms with Crippen molar-refractivity contribution in [1.82, 2.24) is 9.78 Å². The van der Waals surface area contributed by atoms with Gasteiger partial charge >= 0.3 is 0 Å². The topological polar surface area (TPSA) is 53.4 Å². The Hall–Kier alpha value is -4.12. The van der Waals surface area contributed by atoms with E-state index in [1.165, 1.54) is 4.68 Å². The van der Waals surface area contributed by atoms with Crippen LogP contribution in [0, 0.1) is 0 Å². The van der Waals surface area contributed by atoms with Gasteiger partial charge in [0.05, 0.1) is 26.5 Å². The van der Waals surface area contributed by atoms with Gasteiger partial charge in [0.2, 0.25) is 0 Å². The third kappa shape index (κ3) is 4.78. The minimum absolute atomic E-state index is 0.161. The molecule has 3 aromatic carbocycles. The van der Waals surface area contributed by atoms with Crippen LogP contribution >= 0.6 is 0 Å². The second-order valence-electron chi connectivity index (χ2n) is 7.20. The molecule has 0 bridgehead atoms. The van der Waals surface area contributed by atoms with Gasteiger partial charge in [-0.1, -0.05) is 54.6 Å². The molecule has 0 unspecified atom stereocenters. The molecule has 1 heterocycles. The minimum Gasteiger partial charge on any atom is -0.497 e. The van der Waals surface area contributed by atoms with Gasteiger partial charge < -0.3 is 9.47 Å². The van der Waals surface area contributed by atoms with Crippen molar-refractivity contribution in [3.63, 3.8) is 0 Å². The predicted molar refractivity (Wildman–Crippen MR) is 128 cm³/mol. The van der Waals surface area contributed by atoms with E-state index in [0.29, 0.717) is 6.54 Å². The fourth-order valence-corrected chi connectivity index (χ4v) is 3.43. The van der Waals surface area contributed by atoms with Gasteiger partial charge in [-0.25, -0.2) is 4.68 Å². The highest BCUT2D eigenvalue weighted by molar-refractivity contribution is 5.80. The first-order valence-electron chi connectivity index (χ1n) is 10.3. The van der Waals surface area contributed by atoms with Gasteiger partial charge in [0.15, 0.2) is 0 Å². The molecule has 0 aliphatic carbocycles. The van der Waals surface area contributed by atoms with E-state index in [1.807, 2.05) is 91.0 Å². The lowest BCUT2D eigenvalue weighted by Gasteiger charge is -2.13. The normalized spacial score (nSPS) is 10.9. The monoisotopic (exact) mass is 424 g/mol.